The van der Waals surface area contributed by atoms with Crippen LogP contribution in [0.2, 0.25) is 0 Å². The molecule has 0 unspecified atom stereocenters. The van der Waals surface area contributed by atoms with Crippen LogP contribution < -0.4 is 9.64 Å². The van der Waals surface area contributed by atoms with E-state index in [1.165, 1.54) is 18.9 Å². The van der Waals surface area contributed by atoms with Gasteiger partial charge in [0.2, 0.25) is 0 Å². The van der Waals surface area contributed by atoms with E-state index in [1.54, 1.807) is 6.07 Å². The number of piperidine rings is 1. The molecule has 3 rings (SSSR count). The van der Waals surface area contributed by atoms with Gasteiger partial charge in [0.15, 0.2) is 0 Å². The number of non-ortho nitro benzene ring substituents is 1. The summed E-state index contributed by atoms with van der Waals surface area (Å²) in [5.41, 5.74) is 1.08. The highest BCUT2D eigenvalue weighted by atomic mass is 16.6. The van der Waals surface area contributed by atoms with Crippen molar-refractivity contribution in [3.8, 4) is 5.75 Å². The van der Waals surface area contributed by atoms with E-state index in [-0.39, 0.29) is 10.6 Å². The summed E-state index contributed by atoms with van der Waals surface area (Å²) >= 11 is 0. The number of nitrogens with zero attached hydrogens (tertiary/aromatic N) is 3. The van der Waals surface area contributed by atoms with Crippen molar-refractivity contribution in [3.63, 3.8) is 0 Å². The Hall–Kier alpha value is -1.82. The predicted octanol–water partition coefficient (Wildman–Crippen LogP) is 4.82. The lowest BCUT2D eigenvalue weighted by atomic mass is 9.96. The van der Waals surface area contributed by atoms with Gasteiger partial charge < -0.3 is 14.5 Å². The average molecular weight is 380 g/mol. The molecule has 0 radical (unpaired) electrons. The van der Waals surface area contributed by atoms with Crippen LogP contribution in [0.1, 0.15) is 47.5 Å². The molecular weight excluding hydrogens is 342 g/mol. The fourth-order valence-corrected chi connectivity index (χ4v) is 3.13. The SMILES string of the molecule is CC.CC(C)C.CN1CCC(CN2CCOc3cc([N+](=O)[O-])ccc32)CC1. The minimum atomic E-state index is -0.375. The number of likely N-dealkylation sites (tertiary alicyclic amines) is 1. The quantitative estimate of drug-likeness (QED) is 0.556. The van der Waals surface area contributed by atoms with Gasteiger partial charge in [0, 0.05) is 12.6 Å². The van der Waals surface area contributed by atoms with E-state index in [9.17, 15) is 10.1 Å². The summed E-state index contributed by atoms with van der Waals surface area (Å²) < 4.78 is 5.60. The molecule has 6 nitrogen and oxygen atoms in total. The third-order valence-corrected chi connectivity index (χ3v) is 4.43. The second kappa shape index (κ2) is 11.8. The second-order valence-electron chi connectivity index (χ2n) is 7.68. The van der Waals surface area contributed by atoms with Gasteiger partial charge >= 0.3 is 0 Å². The Labute approximate surface area is 164 Å². The molecule has 0 aliphatic carbocycles. The number of rotatable bonds is 3. The molecule has 0 amide bonds. The lowest BCUT2D eigenvalue weighted by Crippen LogP contribution is -2.40. The van der Waals surface area contributed by atoms with E-state index in [0.29, 0.717) is 18.3 Å². The van der Waals surface area contributed by atoms with Crippen LogP contribution in [-0.4, -0.2) is 49.7 Å². The molecule has 0 aromatic heterocycles. The molecule has 0 saturated carbocycles. The predicted molar refractivity (Wildman–Crippen MR) is 113 cm³/mol. The summed E-state index contributed by atoms with van der Waals surface area (Å²) in [7, 11) is 2.17. The van der Waals surface area contributed by atoms with E-state index < -0.39 is 0 Å². The maximum absolute atomic E-state index is 10.8. The molecule has 2 heterocycles. The Kier molecular flexibility index (Phi) is 10.1. The van der Waals surface area contributed by atoms with Crippen molar-refractivity contribution in [2.45, 2.75) is 47.5 Å². The van der Waals surface area contributed by atoms with Crippen LogP contribution in [-0.2, 0) is 0 Å². The first-order valence-electron chi connectivity index (χ1n) is 10.2. The first-order valence-corrected chi connectivity index (χ1v) is 10.2. The molecular formula is C21H37N3O3. The summed E-state index contributed by atoms with van der Waals surface area (Å²) in [5.74, 6) is 2.17. The van der Waals surface area contributed by atoms with Gasteiger partial charge in [-0.15, -0.1) is 0 Å². The van der Waals surface area contributed by atoms with E-state index in [4.69, 9.17) is 4.74 Å². The van der Waals surface area contributed by atoms with E-state index in [0.717, 1.165) is 37.8 Å². The maximum atomic E-state index is 10.8. The molecule has 0 spiro atoms. The number of ether oxygens (including phenoxy) is 1. The molecule has 0 N–H and O–H groups in total. The van der Waals surface area contributed by atoms with Crippen molar-refractivity contribution in [2.75, 3.05) is 44.7 Å². The van der Waals surface area contributed by atoms with Gasteiger partial charge in [-0.05, 0) is 50.9 Å². The van der Waals surface area contributed by atoms with Gasteiger partial charge in [-0.2, -0.15) is 0 Å². The van der Waals surface area contributed by atoms with Crippen molar-refractivity contribution >= 4 is 11.4 Å². The monoisotopic (exact) mass is 379 g/mol. The number of benzene rings is 1. The fourth-order valence-electron chi connectivity index (χ4n) is 3.13. The lowest BCUT2D eigenvalue weighted by molar-refractivity contribution is -0.384. The van der Waals surface area contributed by atoms with Crippen LogP contribution in [0, 0.1) is 22.0 Å². The number of hydrogen-bond donors (Lipinski definition) is 0. The van der Waals surface area contributed by atoms with Crippen LogP contribution in [0.4, 0.5) is 11.4 Å². The molecule has 6 heteroatoms. The third kappa shape index (κ3) is 7.75. The molecule has 1 aromatic carbocycles. The van der Waals surface area contributed by atoms with Crippen LogP contribution in [0.5, 0.6) is 5.75 Å². The van der Waals surface area contributed by atoms with Gasteiger partial charge in [-0.1, -0.05) is 34.6 Å². The van der Waals surface area contributed by atoms with Gasteiger partial charge in [0.25, 0.3) is 5.69 Å². The zero-order chi connectivity index (χ0) is 20.4. The molecule has 0 bridgehead atoms. The highest BCUT2D eigenvalue weighted by molar-refractivity contribution is 5.63. The minimum Gasteiger partial charge on any atom is -0.489 e. The summed E-state index contributed by atoms with van der Waals surface area (Å²) in [6.07, 6.45) is 2.44. The van der Waals surface area contributed by atoms with Crippen molar-refractivity contribution in [1.29, 1.82) is 0 Å². The topological polar surface area (TPSA) is 58.8 Å². The maximum Gasteiger partial charge on any atom is 0.273 e. The number of fused-ring (bicyclic) bond motifs is 1. The molecule has 154 valence electrons. The Balaban J connectivity index is 0.000000541. The summed E-state index contributed by atoms with van der Waals surface area (Å²) in [6.45, 7) is 15.3. The van der Waals surface area contributed by atoms with Crippen molar-refractivity contribution in [2.24, 2.45) is 11.8 Å². The van der Waals surface area contributed by atoms with Crippen LogP contribution in [0.15, 0.2) is 18.2 Å². The van der Waals surface area contributed by atoms with E-state index in [1.807, 2.05) is 19.9 Å². The number of anilines is 1. The molecule has 1 aromatic rings. The second-order valence-corrected chi connectivity index (χ2v) is 7.68. The normalized spacial score (nSPS) is 17.1. The highest BCUT2D eigenvalue weighted by Gasteiger charge is 2.25. The van der Waals surface area contributed by atoms with Gasteiger partial charge in [-0.3, -0.25) is 10.1 Å². The van der Waals surface area contributed by atoms with Crippen LogP contribution >= 0.6 is 0 Å². The minimum absolute atomic E-state index is 0.0925. The number of hydrogen-bond acceptors (Lipinski definition) is 5. The molecule has 0 atom stereocenters. The first kappa shape index (κ1) is 23.2. The van der Waals surface area contributed by atoms with Crippen molar-refractivity contribution in [1.82, 2.24) is 4.90 Å². The standard InChI is InChI=1S/C15H21N3O3.C4H10.C2H6/c1-16-6-4-12(5-7-16)11-17-8-9-21-15-10-13(18(19)20)2-3-14(15)17;1-4(2)3;1-2/h2-3,10,12H,4-9,11H2,1H3;4H,1-3H3;1-2H3. The molecule has 2 aliphatic rings. The van der Waals surface area contributed by atoms with Gasteiger partial charge in [0.05, 0.1) is 23.2 Å². The molecule has 2 aliphatic heterocycles. The highest BCUT2D eigenvalue weighted by Crippen LogP contribution is 2.35. The Morgan fingerprint density at radius 2 is 1.78 bits per heavy atom. The summed E-state index contributed by atoms with van der Waals surface area (Å²) in [5, 5.41) is 10.8. The molecule has 27 heavy (non-hydrogen) atoms. The van der Waals surface area contributed by atoms with Gasteiger partial charge in [-0.25, -0.2) is 0 Å². The van der Waals surface area contributed by atoms with Crippen molar-refractivity contribution < 1.29 is 9.66 Å². The largest absolute Gasteiger partial charge is 0.489 e. The first-order chi connectivity index (χ1) is 12.9. The van der Waals surface area contributed by atoms with E-state index >= 15 is 0 Å². The number of nitro groups is 1. The summed E-state index contributed by atoms with van der Waals surface area (Å²) in [4.78, 5) is 15.2. The smallest absolute Gasteiger partial charge is 0.273 e. The Morgan fingerprint density at radius 1 is 1.19 bits per heavy atom. The molecule has 1 saturated heterocycles. The molecule has 1 fully saturated rings. The zero-order valence-electron chi connectivity index (χ0n) is 17.9. The van der Waals surface area contributed by atoms with Gasteiger partial charge in [0.1, 0.15) is 12.4 Å². The Morgan fingerprint density at radius 3 is 2.33 bits per heavy atom. The third-order valence-electron chi connectivity index (χ3n) is 4.43. The van der Waals surface area contributed by atoms with E-state index in [2.05, 4.69) is 37.6 Å². The van der Waals surface area contributed by atoms with Crippen molar-refractivity contribution in [3.05, 3.63) is 28.3 Å². The average Bonchev–Trinajstić information content (AvgIpc) is 2.64. The summed E-state index contributed by atoms with van der Waals surface area (Å²) in [6, 6.07) is 4.92. The number of nitro benzene ring substituents is 1. The lowest BCUT2D eigenvalue weighted by Gasteiger charge is -2.36. The van der Waals surface area contributed by atoms with Crippen LogP contribution in [0.3, 0.4) is 0 Å². The fraction of sp³-hybridized carbons (Fsp3) is 0.714. The van der Waals surface area contributed by atoms with Crippen LogP contribution in [0.25, 0.3) is 0 Å². The zero-order valence-corrected chi connectivity index (χ0v) is 17.9. The Bertz CT molecular complexity index is 567.